The lowest BCUT2D eigenvalue weighted by atomic mass is 10.1. The maximum Gasteiger partial charge on any atom is 0.573 e. The van der Waals surface area contributed by atoms with E-state index in [1.807, 2.05) is 32.9 Å². The summed E-state index contributed by atoms with van der Waals surface area (Å²) in [7, 11) is 0. The van der Waals surface area contributed by atoms with Crippen LogP contribution in [0.2, 0.25) is 0 Å². The van der Waals surface area contributed by atoms with Crippen molar-refractivity contribution >= 4 is 23.6 Å². The van der Waals surface area contributed by atoms with Crippen molar-refractivity contribution in [3.05, 3.63) is 64.7 Å². The summed E-state index contributed by atoms with van der Waals surface area (Å²) in [4.78, 5) is 24.0. The van der Waals surface area contributed by atoms with Crippen molar-refractivity contribution in [3.63, 3.8) is 0 Å². The minimum Gasteiger partial charge on any atom is -0.405 e. The molecule has 0 fully saturated rings. The Balaban J connectivity index is 1.94. The fourth-order valence-corrected chi connectivity index (χ4v) is 2.79. The molecule has 2 aromatic carbocycles. The molecule has 0 aromatic heterocycles. The van der Waals surface area contributed by atoms with Crippen LogP contribution in [-0.4, -0.2) is 24.7 Å². The van der Waals surface area contributed by atoms with Crippen LogP contribution in [0.15, 0.2) is 42.5 Å². The number of anilines is 1. The summed E-state index contributed by atoms with van der Waals surface area (Å²) in [5, 5.41) is 5.14. The molecule has 0 aliphatic rings. The van der Waals surface area contributed by atoms with Gasteiger partial charge in [-0.3, -0.25) is 9.59 Å². The second kappa shape index (κ2) is 9.27. The van der Waals surface area contributed by atoms with Crippen LogP contribution in [0.4, 0.5) is 18.9 Å². The van der Waals surface area contributed by atoms with Crippen LogP contribution in [0.1, 0.15) is 22.3 Å². The Bertz CT molecular complexity index is 914. The van der Waals surface area contributed by atoms with E-state index < -0.39 is 23.9 Å². The van der Waals surface area contributed by atoms with Gasteiger partial charge >= 0.3 is 6.36 Å². The molecule has 0 radical (unpaired) electrons. The third-order valence-corrected chi connectivity index (χ3v) is 3.92. The van der Waals surface area contributed by atoms with E-state index in [-0.39, 0.29) is 12.1 Å². The number of hydrogen-bond donors (Lipinski definition) is 2. The van der Waals surface area contributed by atoms with E-state index in [1.54, 1.807) is 0 Å². The first-order valence-corrected chi connectivity index (χ1v) is 8.73. The number of ether oxygens (including phenoxy) is 1. The van der Waals surface area contributed by atoms with Crippen molar-refractivity contribution in [1.82, 2.24) is 5.32 Å². The highest BCUT2D eigenvalue weighted by atomic mass is 19.4. The van der Waals surface area contributed by atoms with Crippen LogP contribution >= 0.6 is 0 Å². The number of aryl methyl sites for hydroxylation is 3. The van der Waals surface area contributed by atoms with Gasteiger partial charge in [-0.1, -0.05) is 35.9 Å². The number of nitrogens with one attached hydrogen (secondary N) is 2. The fraction of sp³-hybridized carbons (Fsp3) is 0.238. The van der Waals surface area contributed by atoms with Gasteiger partial charge in [0.25, 0.3) is 0 Å². The highest BCUT2D eigenvalue weighted by Gasteiger charge is 2.31. The van der Waals surface area contributed by atoms with E-state index in [0.717, 1.165) is 28.8 Å². The number of hydrogen-bond acceptors (Lipinski definition) is 3. The zero-order valence-corrected chi connectivity index (χ0v) is 16.2. The molecule has 29 heavy (non-hydrogen) atoms. The summed E-state index contributed by atoms with van der Waals surface area (Å²) >= 11 is 0. The Morgan fingerprint density at radius 2 is 1.69 bits per heavy atom. The minimum atomic E-state index is -4.84. The quantitative estimate of drug-likeness (QED) is 0.704. The summed E-state index contributed by atoms with van der Waals surface area (Å²) in [5.41, 5.74) is 3.65. The minimum absolute atomic E-state index is 0.0790. The summed E-state index contributed by atoms with van der Waals surface area (Å²) in [6.07, 6.45) is -2.62. The van der Waals surface area contributed by atoms with Crippen molar-refractivity contribution in [3.8, 4) is 5.75 Å². The van der Waals surface area contributed by atoms with Crippen LogP contribution in [0, 0.1) is 20.8 Å². The van der Waals surface area contributed by atoms with E-state index in [0.29, 0.717) is 5.69 Å². The molecule has 154 valence electrons. The molecule has 0 saturated heterocycles. The molecule has 0 heterocycles. The summed E-state index contributed by atoms with van der Waals surface area (Å²) in [6, 6.07) is 9.29. The molecule has 2 N–H and O–H groups in total. The number of carbonyl (C=O) groups is 2. The van der Waals surface area contributed by atoms with Crippen LogP contribution in [0.25, 0.3) is 6.08 Å². The lowest BCUT2D eigenvalue weighted by Crippen LogP contribution is -2.32. The third-order valence-electron chi connectivity index (χ3n) is 3.92. The lowest BCUT2D eigenvalue weighted by Gasteiger charge is -2.13. The Hall–Kier alpha value is -3.29. The second-order valence-electron chi connectivity index (χ2n) is 6.46. The topological polar surface area (TPSA) is 67.4 Å². The Morgan fingerprint density at radius 1 is 1.07 bits per heavy atom. The molecule has 0 aliphatic heterocycles. The molecule has 8 heteroatoms. The number of benzene rings is 2. The van der Waals surface area contributed by atoms with E-state index in [2.05, 4.69) is 15.4 Å². The number of halogens is 3. The molecule has 0 saturated carbocycles. The average molecular weight is 406 g/mol. The summed E-state index contributed by atoms with van der Waals surface area (Å²) in [6.45, 7) is 5.42. The molecular weight excluding hydrogens is 385 g/mol. The average Bonchev–Trinajstić information content (AvgIpc) is 2.61. The number of amides is 2. The number of rotatable bonds is 6. The zero-order valence-electron chi connectivity index (χ0n) is 16.2. The molecule has 2 aromatic rings. The van der Waals surface area contributed by atoms with Gasteiger partial charge in [-0.25, -0.2) is 0 Å². The molecule has 2 rings (SSSR count). The monoisotopic (exact) mass is 406 g/mol. The van der Waals surface area contributed by atoms with Crippen LogP contribution in [0.5, 0.6) is 5.75 Å². The molecular formula is C21H21F3N2O3. The molecule has 0 bridgehead atoms. The van der Waals surface area contributed by atoms with Crippen LogP contribution in [-0.2, 0) is 9.59 Å². The van der Waals surface area contributed by atoms with Crippen molar-refractivity contribution in [1.29, 1.82) is 0 Å². The first-order chi connectivity index (χ1) is 13.5. The van der Waals surface area contributed by atoms with E-state index in [4.69, 9.17) is 0 Å². The first-order valence-electron chi connectivity index (χ1n) is 8.73. The maximum atomic E-state index is 12.4. The Labute approximate surface area is 166 Å². The molecule has 0 aliphatic carbocycles. The molecule has 5 nitrogen and oxygen atoms in total. The van der Waals surface area contributed by atoms with Crippen molar-refractivity contribution in [2.24, 2.45) is 0 Å². The lowest BCUT2D eigenvalue weighted by molar-refractivity contribution is -0.274. The van der Waals surface area contributed by atoms with Gasteiger partial charge in [-0.15, -0.1) is 13.2 Å². The maximum absolute atomic E-state index is 12.4. The van der Waals surface area contributed by atoms with Crippen LogP contribution in [0.3, 0.4) is 0 Å². The normalized spacial score (nSPS) is 11.4. The van der Waals surface area contributed by atoms with Gasteiger partial charge in [-0.05, 0) is 44.0 Å². The van der Waals surface area contributed by atoms with Crippen molar-refractivity contribution < 1.29 is 27.5 Å². The Morgan fingerprint density at radius 3 is 2.31 bits per heavy atom. The number of para-hydroxylation sites is 1. The standard InChI is InChI=1S/C21H21F3N2O3/c1-13-10-14(2)20(15(3)11-13)26-19(28)12-25-18(27)9-8-16-6-4-5-7-17(16)29-21(22,23)24/h4-11H,12H2,1-3H3,(H,25,27)(H,26,28)/b9-8+. The highest BCUT2D eigenvalue weighted by molar-refractivity contribution is 5.98. The second-order valence-corrected chi connectivity index (χ2v) is 6.46. The predicted octanol–water partition coefficient (Wildman–Crippen LogP) is 4.28. The first kappa shape index (κ1) is 22.0. The molecule has 2 amide bonds. The van der Waals surface area contributed by atoms with Gasteiger partial charge in [0, 0.05) is 17.3 Å². The molecule has 0 atom stereocenters. The van der Waals surface area contributed by atoms with Crippen molar-refractivity contribution in [2.45, 2.75) is 27.1 Å². The zero-order chi connectivity index (χ0) is 21.6. The van der Waals surface area contributed by atoms with Crippen LogP contribution < -0.4 is 15.4 Å². The molecule has 0 spiro atoms. The number of alkyl halides is 3. The predicted molar refractivity (Wildman–Crippen MR) is 104 cm³/mol. The molecule has 0 unspecified atom stereocenters. The smallest absolute Gasteiger partial charge is 0.405 e. The number of carbonyl (C=O) groups excluding carboxylic acids is 2. The Kier molecular flexibility index (Phi) is 7.03. The van der Waals surface area contributed by atoms with E-state index in [9.17, 15) is 22.8 Å². The van der Waals surface area contributed by atoms with Gasteiger partial charge in [0.2, 0.25) is 11.8 Å². The van der Waals surface area contributed by atoms with E-state index in [1.165, 1.54) is 24.3 Å². The summed E-state index contributed by atoms with van der Waals surface area (Å²) < 4.78 is 41.2. The highest BCUT2D eigenvalue weighted by Crippen LogP contribution is 2.27. The van der Waals surface area contributed by atoms with Crippen molar-refractivity contribution in [2.75, 3.05) is 11.9 Å². The van der Waals surface area contributed by atoms with Gasteiger partial charge in [0.05, 0.1) is 6.54 Å². The summed E-state index contributed by atoms with van der Waals surface area (Å²) in [5.74, 6) is -1.46. The van der Waals surface area contributed by atoms with Gasteiger partial charge < -0.3 is 15.4 Å². The van der Waals surface area contributed by atoms with E-state index >= 15 is 0 Å². The van der Waals surface area contributed by atoms with Gasteiger partial charge in [-0.2, -0.15) is 0 Å². The third kappa shape index (κ3) is 6.99. The SMILES string of the molecule is Cc1cc(C)c(NC(=O)CNC(=O)/C=C/c2ccccc2OC(F)(F)F)c(C)c1. The van der Waals surface area contributed by atoms with Gasteiger partial charge in [0.1, 0.15) is 5.75 Å². The van der Waals surface area contributed by atoms with Gasteiger partial charge in [0.15, 0.2) is 0 Å². The largest absolute Gasteiger partial charge is 0.573 e. The fourth-order valence-electron chi connectivity index (χ4n) is 2.79.